The van der Waals surface area contributed by atoms with Gasteiger partial charge in [-0.3, -0.25) is 4.79 Å². The van der Waals surface area contributed by atoms with Crippen LogP contribution in [-0.4, -0.2) is 66.6 Å². The van der Waals surface area contributed by atoms with E-state index in [1.807, 2.05) is 5.32 Å². The van der Waals surface area contributed by atoms with E-state index in [1.54, 1.807) is 39.0 Å². The van der Waals surface area contributed by atoms with Crippen LogP contribution in [-0.2, 0) is 17.8 Å². The zero-order valence-corrected chi connectivity index (χ0v) is 25.9. The smallest absolute Gasteiger partial charge is 0.407 e. The fourth-order valence-electron chi connectivity index (χ4n) is 5.47. The molecule has 2 heterocycles. The number of alkyl halides is 2. The predicted octanol–water partition coefficient (Wildman–Crippen LogP) is 5.44. The van der Waals surface area contributed by atoms with Gasteiger partial charge in [0.2, 0.25) is 0 Å². The van der Waals surface area contributed by atoms with E-state index in [-0.39, 0.29) is 41.3 Å². The number of fused-ring (bicyclic) bond motifs is 1. The van der Waals surface area contributed by atoms with E-state index >= 15 is 4.39 Å². The first-order valence-corrected chi connectivity index (χ1v) is 14.6. The third kappa shape index (κ3) is 7.97. The first-order valence-electron chi connectivity index (χ1n) is 14.6. The number of hydrogen-bond acceptors (Lipinski definition) is 9. The van der Waals surface area contributed by atoms with Crippen molar-refractivity contribution in [2.75, 3.05) is 19.5 Å². The first kappa shape index (κ1) is 33.4. The van der Waals surface area contributed by atoms with Crippen LogP contribution in [0.25, 0.3) is 5.57 Å². The molecule has 1 saturated carbocycles. The van der Waals surface area contributed by atoms with E-state index < -0.39 is 42.1 Å². The number of alkyl carbamates (subject to hydrolysis) is 1. The summed E-state index contributed by atoms with van der Waals surface area (Å²) < 4.78 is 58.5. The lowest BCUT2D eigenvalue weighted by atomic mass is 9.90. The van der Waals surface area contributed by atoms with Gasteiger partial charge in [-0.1, -0.05) is 12.8 Å². The molecule has 244 valence electrons. The molecule has 1 fully saturated rings. The molecule has 1 aromatic heterocycles. The lowest BCUT2D eigenvalue weighted by Gasteiger charge is -2.34. The van der Waals surface area contributed by atoms with Gasteiger partial charge in [0.15, 0.2) is 11.6 Å². The molecule has 2 unspecified atom stereocenters. The fourth-order valence-corrected chi connectivity index (χ4v) is 5.47. The van der Waals surface area contributed by atoms with Gasteiger partial charge in [0.1, 0.15) is 17.1 Å². The maximum absolute atomic E-state index is 16.3. The van der Waals surface area contributed by atoms with Gasteiger partial charge < -0.3 is 40.5 Å². The van der Waals surface area contributed by atoms with Crippen molar-refractivity contribution in [3.8, 4) is 11.5 Å². The number of pyridine rings is 1. The van der Waals surface area contributed by atoms with Gasteiger partial charge in [0.05, 0.1) is 38.1 Å². The Balaban J connectivity index is 1.71. The van der Waals surface area contributed by atoms with Gasteiger partial charge in [0.25, 0.3) is 5.91 Å². The molecule has 2 amide bonds. The topological polar surface area (TPSA) is 138 Å². The fraction of sp³-hybridized carbons (Fsp3) is 0.484. The van der Waals surface area contributed by atoms with Crippen molar-refractivity contribution in [2.45, 2.75) is 83.8 Å². The maximum atomic E-state index is 16.3. The highest BCUT2D eigenvalue weighted by Crippen LogP contribution is 2.36. The number of carbonyl (C=O) groups is 2. The van der Waals surface area contributed by atoms with E-state index in [2.05, 4.69) is 15.6 Å². The van der Waals surface area contributed by atoms with Crippen LogP contribution in [0.15, 0.2) is 24.4 Å². The molecule has 2 aliphatic rings. The van der Waals surface area contributed by atoms with E-state index in [1.165, 1.54) is 19.1 Å². The number of allylic oxidation sites excluding steroid dienone is 1. The Bertz CT molecular complexity index is 1460. The maximum Gasteiger partial charge on any atom is 0.407 e. The summed E-state index contributed by atoms with van der Waals surface area (Å²) in [7, 11) is 2.99. The predicted molar refractivity (Wildman–Crippen MR) is 162 cm³/mol. The van der Waals surface area contributed by atoms with Crippen molar-refractivity contribution >= 4 is 29.6 Å². The summed E-state index contributed by atoms with van der Waals surface area (Å²) in [6, 6.07) is 4.25. The zero-order valence-electron chi connectivity index (χ0n) is 25.9. The second-order valence-electron chi connectivity index (χ2n) is 11.8. The minimum Gasteiger partial charge on any atom is -0.497 e. The normalized spacial score (nSPS) is 18.4. The minimum absolute atomic E-state index is 0.0113. The highest BCUT2D eigenvalue weighted by Gasteiger charge is 2.37. The molecule has 2 aromatic rings. The number of methoxy groups -OCH3 is 2. The summed E-state index contributed by atoms with van der Waals surface area (Å²) in [4.78, 5) is 32.1. The number of hydrogen-bond donors (Lipinski definition) is 4. The summed E-state index contributed by atoms with van der Waals surface area (Å²) in [6.45, 7) is 2.22. The highest BCUT2D eigenvalue weighted by molar-refractivity contribution is 6.13. The van der Waals surface area contributed by atoms with E-state index in [0.717, 1.165) is 25.3 Å². The van der Waals surface area contributed by atoms with Crippen LogP contribution in [0, 0.1) is 11.2 Å². The monoisotopic (exact) mass is 632 g/mol. The third-order valence-corrected chi connectivity index (χ3v) is 7.52. The molecular weight excluding hydrogens is 593 g/mol. The molecule has 0 bridgehead atoms. The van der Waals surface area contributed by atoms with Gasteiger partial charge >= 0.3 is 12.6 Å². The summed E-state index contributed by atoms with van der Waals surface area (Å²) >= 11 is 0. The number of aromatic nitrogens is 1. The van der Waals surface area contributed by atoms with E-state index in [9.17, 15) is 18.4 Å². The second kappa shape index (κ2) is 14.1. The molecule has 45 heavy (non-hydrogen) atoms. The summed E-state index contributed by atoms with van der Waals surface area (Å²) in [5.74, 6) is -0.564. The van der Waals surface area contributed by atoms with E-state index in [0.29, 0.717) is 29.9 Å². The number of carbonyl (C=O) groups excluding carboxylic acids is 2. The van der Waals surface area contributed by atoms with Crippen molar-refractivity contribution in [1.29, 1.82) is 5.41 Å². The molecule has 11 nitrogen and oxygen atoms in total. The summed E-state index contributed by atoms with van der Waals surface area (Å²) in [5, 5.41) is 15.7. The molecule has 1 aliphatic heterocycles. The molecule has 0 saturated heterocycles. The van der Waals surface area contributed by atoms with Crippen LogP contribution in [0.2, 0.25) is 0 Å². The number of nitrogens with zero attached hydrogens (tertiary/aromatic N) is 2. The van der Waals surface area contributed by atoms with Gasteiger partial charge in [-0.25, -0.2) is 14.2 Å². The van der Waals surface area contributed by atoms with E-state index in [4.69, 9.17) is 19.6 Å². The molecular formula is C31H39F3N6O5. The number of anilines is 1. The molecule has 0 radical (unpaired) electrons. The third-order valence-electron chi connectivity index (χ3n) is 7.52. The standard InChI is InChI=1S/C31H39F3N6O5/c1-31(2,3)45-30(42)38-22-9-7-6-8-21(22)37-27-25(32)20-16-40(15-17-10-11-19(43-4)12-23(17)44-5)28(41)24(20)26(39-27)18(13-35)14-36-29(33)34/h10-14,21-22,29,35-36H,6-9,15-16H2,1-5H3,(H,37,39)(H,38,42)/b18-14+,35-13?. The van der Waals surface area contributed by atoms with Crippen LogP contribution in [0.1, 0.15) is 73.6 Å². The van der Waals surface area contributed by atoms with Crippen molar-refractivity contribution < 1.29 is 37.0 Å². The Kier molecular flexibility index (Phi) is 10.5. The number of rotatable bonds is 11. The van der Waals surface area contributed by atoms with Crippen LogP contribution in [0.3, 0.4) is 0 Å². The van der Waals surface area contributed by atoms with Crippen molar-refractivity contribution in [1.82, 2.24) is 20.5 Å². The molecule has 1 aromatic carbocycles. The zero-order chi connectivity index (χ0) is 32.9. The van der Waals surface area contributed by atoms with Gasteiger partial charge in [-0.2, -0.15) is 8.78 Å². The highest BCUT2D eigenvalue weighted by atomic mass is 19.3. The summed E-state index contributed by atoms with van der Waals surface area (Å²) in [6.07, 6.45) is 3.87. The largest absolute Gasteiger partial charge is 0.497 e. The quantitative estimate of drug-likeness (QED) is 0.190. The Labute approximate surface area is 260 Å². The van der Waals surface area contributed by atoms with Crippen molar-refractivity contribution in [3.63, 3.8) is 0 Å². The number of benzene rings is 1. The average molecular weight is 633 g/mol. The SMILES string of the molecule is COc1ccc(CN2Cc3c(F)c(NC4CCCCC4NC(=O)OC(C)(C)C)nc(/C(C=N)=C/NC(F)F)c3C2=O)c(OC)c1. The van der Waals surface area contributed by atoms with Crippen LogP contribution in [0.5, 0.6) is 11.5 Å². The Morgan fingerprint density at radius 3 is 2.51 bits per heavy atom. The average Bonchev–Trinajstić information content (AvgIpc) is 3.31. The molecule has 2 atom stereocenters. The van der Waals surface area contributed by atoms with Gasteiger partial charge in [-0.05, 0) is 45.7 Å². The molecule has 4 N–H and O–H groups in total. The van der Waals surface area contributed by atoms with Crippen molar-refractivity contribution in [3.05, 3.63) is 52.6 Å². The van der Waals surface area contributed by atoms with Crippen molar-refractivity contribution in [2.24, 2.45) is 0 Å². The Morgan fingerprint density at radius 2 is 1.89 bits per heavy atom. The molecule has 14 heteroatoms. The molecule has 4 rings (SSSR count). The lowest BCUT2D eigenvalue weighted by Crippen LogP contribution is -2.50. The first-order chi connectivity index (χ1) is 21.3. The van der Waals surface area contributed by atoms with Crippen LogP contribution < -0.4 is 25.4 Å². The lowest BCUT2D eigenvalue weighted by molar-refractivity contribution is 0.0488. The minimum atomic E-state index is -2.94. The molecule has 0 spiro atoms. The number of halogens is 3. The van der Waals surface area contributed by atoms with Gasteiger partial charge in [-0.15, -0.1) is 0 Å². The van der Waals surface area contributed by atoms with Crippen LogP contribution in [0.4, 0.5) is 23.8 Å². The Hall–Kier alpha value is -4.49. The molecule has 1 aliphatic carbocycles. The number of amides is 2. The van der Waals surface area contributed by atoms with Gasteiger partial charge in [0, 0.05) is 47.8 Å². The number of ether oxygens (including phenoxy) is 3. The Morgan fingerprint density at radius 1 is 1.18 bits per heavy atom. The number of nitrogens with one attached hydrogen (secondary N) is 4. The summed E-state index contributed by atoms with van der Waals surface area (Å²) in [5.41, 5.74) is -0.452. The second-order valence-corrected chi connectivity index (χ2v) is 11.8. The van der Waals surface area contributed by atoms with Crippen LogP contribution >= 0.6 is 0 Å².